The molecule has 2 N–H and O–H groups in total. The van der Waals surface area contributed by atoms with Gasteiger partial charge >= 0.3 is 0 Å². The van der Waals surface area contributed by atoms with E-state index in [-0.39, 0.29) is 54.0 Å². The van der Waals surface area contributed by atoms with Gasteiger partial charge in [-0.2, -0.15) is 4.31 Å². The fraction of sp³-hybridized carbons (Fsp3) is 0.429. The highest BCUT2D eigenvalue weighted by atomic mass is 32.2. The number of hydrogen-bond acceptors (Lipinski definition) is 7. The quantitative estimate of drug-likeness (QED) is 0.349. The Bertz CT molecular complexity index is 1550. The minimum atomic E-state index is -3.77. The smallest absolute Gasteiger partial charge is 0.258 e. The third kappa shape index (κ3) is 8.94. The van der Waals surface area contributed by atoms with Crippen molar-refractivity contribution >= 4 is 27.5 Å². The average molecular weight is 652 g/mol. The van der Waals surface area contributed by atoms with E-state index in [1.165, 1.54) is 11.4 Å². The van der Waals surface area contributed by atoms with Gasteiger partial charge in [-0.25, -0.2) is 8.42 Å². The van der Waals surface area contributed by atoms with Crippen LogP contribution in [0.15, 0.2) is 83.8 Å². The van der Waals surface area contributed by atoms with E-state index in [1.54, 1.807) is 84.6 Å². The zero-order valence-corrected chi connectivity index (χ0v) is 27.8. The number of benzene rings is 3. The molecular weight excluding hydrogens is 606 g/mol. The summed E-state index contributed by atoms with van der Waals surface area (Å²) in [5.74, 6) is -0.616. The van der Waals surface area contributed by atoms with Crippen LogP contribution in [0.4, 0.5) is 5.69 Å². The summed E-state index contributed by atoms with van der Waals surface area (Å²) in [6, 6.07) is 21.5. The molecule has 248 valence electrons. The van der Waals surface area contributed by atoms with Gasteiger partial charge in [0.15, 0.2) is 0 Å². The zero-order chi connectivity index (χ0) is 33.3. The Labute approximate surface area is 272 Å². The van der Waals surface area contributed by atoms with Crippen LogP contribution in [-0.2, 0) is 14.8 Å². The van der Waals surface area contributed by atoms with Crippen LogP contribution in [0.2, 0.25) is 0 Å². The SMILES string of the molecule is C[C@@H]1CCCCO[C@@H](CN(C)S(=O)(=O)c2ccccc2)[C@H](C)CN([C@H](C)CO)C(=O)c2cc(NC(=O)c3ccccc3)ccc2O1. The van der Waals surface area contributed by atoms with Crippen molar-refractivity contribution in [1.29, 1.82) is 0 Å². The van der Waals surface area contributed by atoms with Crippen LogP contribution in [0.1, 0.15) is 60.7 Å². The van der Waals surface area contributed by atoms with Crippen molar-refractivity contribution in [3.05, 3.63) is 90.0 Å². The van der Waals surface area contributed by atoms with Crippen LogP contribution < -0.4 is 10.1 Å². The topological polar surface area (TPSA) is 125 Å². The lowest BCUT2D eigenvalue weighted by atomic mass is 10.0. The van der Waals surface area contributed by atoms with Gasteiger partial charge < -0.3 is 24.8 Å². The molecule has 4 atom stereocenters. The standard InChI is InChI=1S/C35H45N3O7S/c1-25-22-38(26(2)24-39)35(41)31-21-29(36-34(40)28-14-7-5-8-15-28)18-19-32(31)45-27(3)13-11-12-20-44-33(25)23-37(4)46(42,43)30-16-9-6-10-17-30/h5-10,14-19,21,25-27,33,39H,11-13,20,22-24H2,1-4H3,(H,36,40)/t25-,26-,27-,33+/m1/s1. The molecule has 11 heteroatoms. The first-order valence-electron chi connectivity index (χ1n) is 15.7. The van der Waals surface area contributed by atoms with Crippen LogP contribution in [0, 0.1) is 5.92 Å². The van der Waals surface area contributed by atoms with E-state index in [2.05, 4.69) is 5.32 Å². The predicted octanol–water partition coefficient (Wildman–Crippen LogP) is 5.06. The van der Waals surface area contributed by atoms with Crippen LogP contribution in [0.5, 0.6) is 5.75 Å². The number of amides is 2. The number of sulfonamides is 1. The Kier molecular flexibility index (Phi) is 12.3. The second-order valence-electron chi connectivity index (χ2n) is 11.9. The maximum absolute atomic E-state index is 14.3. The minimum absolute atomic E-state index is 0.0830. The van der Waals surface area contributed by atoms with Crippen molar-refractivity contribution in [2.45, 2.75) is 63.2 Å². The second-order valence-corrected chi connectivity index (χ2v) is 14.0. The normalized spacial score (nSPS) is 20.7. The molecule has 0 aromatic heterocycles. The number of fused-ring (bicyclic) bond motifs is 1. The molecule has 1 aliphatic rings. The fourth-order valence-electron chi connectivity index (χ4n) is 5.38. The summed E-state index contributed by atoms with van der Waals surface area (Å²) in [7, 11) is -2.24. The number of anilines is 1. The predicted molar refractivity (Wildman–Crippen MR) is 178 cm³/mol. The number of rotatable bonds is 8. The molecule has 4 rings (SSSR count). The number of nitrogens with zero attached hydrogens (tertiary/aromatic N) is 2. The van der Waals surface area contributed by atoms with Crippen LogP contribution >= 0.6 is 0 Å². The number of carbonyl (C=O) groups excluding carboxylic acids is 2. The maximum Gasteiger partial charge on any atom is 0.258 e. The van der Waals surface area contributed by atoms with Crippen molar-refractivity contribution in [1.82, 2.24) is 9.21 Å². The summed E-state index contributed by atoms with van der Waals surface area (Å²) in [6.07, 6.45) is 1.53. The molecule has 3 aromatic rings. The monoisotopic (exact) mass is 651 g/mol. The zero-order valence-electron chi connectivity index (χ0n) is 27.0. The Balaban J connectivity index is 1.65. The lowest BCUT2D eigenvalue weighted by Crippen LogP contribution is -2.48. The third-order valence-corrected chi connectivity index (χ3v) is 10.1. The average Bonchev–Trinajstić information content (AvgIpc) is 3.06. The van der Waals surface area contributed by atoms with E-state index in [1.807, 2.05) is 19.9 Å². The molecule has 2 amide bonds. The number of aliphatic hydroxyl groups is 1. The van der Waals surface area contributed by atoms with Gasteiger partial charge in [-0.05, 0) is 75.6 Å². The molecule has 1 aliphatic heterocycles. The molecule has 0 spiro atoms. The molecule has 46 heavy (non-hydrogen) atoms. The molecule has 0 aliphatic carbocycles. The fourth-order valence-corrected chi connectivity index (χ4v) is 6.58. The summed E-state index contributed by atoms with van der Waals surface area (Å²) >= 11 is 0. The van der Waals surface area contributed by atoms with E-state index >= 15 is 0 Å². The number of ether oxygens (including phenoxy) is 2. The highest BCUT2D eigenvalue weighted by Crippen LogP contribution is 2.29. The van der Waals surface area contributed by atoms with Gasteiger partial charge in [0.05, 0.1) is 35.3 Å². The van der Waals surface area contributed by atoms with Gasteiger partial charge in [-0.3, -0.25) is 9.59 Å². The summed E-state index contributed by atoms with van der Waals surface area (Å²) in [4.78, 5) is 29.0. The Morgan fingerprint density at radius 2 is 1.72 bits per heavy atom. The number of nitrogens with one attached hydrogen (secondary N) is 1. The highest BCUT2D eigenvalue weighted by Gasteiger charge is 2.32. The van der Waals surface area contributed by atoms with Gasteiger partial charge in [-0.15, -0.1) is 0 Å². The van der Waals surface area contributed by atoms with Crippen molar-refractivity contribution in [3.63, 3.8) is 0 Å². The van der Waals surface area contributed by atoms with E-state index in [9.17, 15) is 23.1 Å². The molecule has 1 heterocycles. The Morgan fingerprint density at radius 3 is 2.39 bits per heavy atom. The largest absolute Gasteiger partial charge is 0.490 e. The molecule has 0 saturated heterocycles. The molecule has 3 aromatic carbocycles. The summed E-state index contributed by atoms with van der Waals surface area (Å²) in [5.41, 5.74) is 1.16. The van der Waals surface area contributed by atoms with Gasteiger partial charge in [0.1, 0.15) is 5.75 Å². The molecule has 0 radical (unpaired) electrons. The molecule has 10 nitrogen and oxygen atoms in total. The van der Waals surface area contributed by atoms with Crippen LogP contribution in [0.3, 0.4) is 0 Å². The van der Waals surface area contributed by atoms with Crippen molar-refractivity contribution in [2.24, 2.45) is 5.92 Å². The number of likely N-dealkylation sites (N-methyl/N-ethyl adjacent to an activating group) is 1. The van der Waals surface area contributed by atoms with Gasteiger partial charge in [0, 0.05) is 43.9 Å². The van der Waals surface area contributed by atoms with E-state index in [0.717, 1.165) is 12.8 Å². The van der Waals surface area contributed by atoms with Gasteiger partial charge in [0.25, 0.3) is 11.8 Å². The first-order chi connectivity index (χ1) is 22.0. The summed E-state index contributed by atoms with van der Waals surface area (Å²) < 4.78 is 40.6. The molecule has 0 unspecified atom stereocenters. The molecular formula is C35H45N3O7S. The van der Waals surface area contributed by atoms with Crippen molar-refractivity contribution in [2.75, 3.05) is 38.7 Å². The molecule has 0 bridgehead atoms. The van der Waals surface area contributed by atoms with E-state index in [4.69, 9.17) is 9.47 Å². The van der Waals surface area contributed by atoms with E-state index < -0.39 is 22.2 Å². The number of hydrogen-bond donors (Lipinski definition) is 2. The summed E-state index contributed by atoms with van der Waals surface area (Å²) in [6.45, 7) is 6.00. The number of carbonyl (C=O) groups is 2. The maximum atomic E-state index is 14.3. The van der Waals surface area contributed by atoms with Gasteiger partial charge in [0.2, 0.25) is 10.0 Å². The third-order valence-electron chi connectivity index (χ3n) is 8.23. The molecule has 0 saturated carbocycles. The lowest BCUT2D eigenvalue weighted by molar-refractivity contribution is -0.00834. The van der Waals surface area contributed by atoms with Crippen LogP contribution in [-0.4, -0.2) is 86.1 Å². The Hall–Kier alpha value is -3.77. The van der Waals surface area contributed by atoms with Crippen molar-refractivity contribution < 1.29 is 32.6 Å². The van der Waals surface area contributed by atoms with Crippen LogP contribution in [0.25, 0.3) is 0 Å². The highest BCUT2D eigenvalue weighted by molar-refractivity contribution is 7.89. The molecule has 0 fully saturated rings. The lowest BCUT2D eigenvalue weighted by Gasteiger charge is -2.35. The number of aliphatic hydroxyl groups excluding tert-OH is 1. The van der Waals surface area contributed by atoms with Crippen molar-refractivity contribution in [3.8, 4) is 5.75 Å². The van der Waals surface area contributed by atoms with E-state index in [0.29, 0.717) is 30.0 Å². The second kappa shape index (κ2) is 16.2. The Morgan fingerprint density at radius 1 is 1.04 bits per heavy atom. The first kappa shape index (κ1) is 35.1. The van der Waals surface area contributed by atoms with Gasteiger partial charge in [-0.1, -0.05) is 43.3 Å². The minimum Gasteiger partial charge on any atom is -0.490 e. The summed E-state index contributed by atoms with van der Waals surface area (Å²) in [5, 5.41) is 13.1. The first-order valence-corrected chi connectivity index (χ1v) is 17.2.